The quantitative estimate of drug-likeness (QED) is 0.150. The lowest BCUT2D eigenvalue weighted by atomic mass is 9.77. The van der Waals surface area contributed by atoms with Gasteiger partial charge in [0.25, 0.3) is 11.7 Å². The summed E-state index contributed by atoms with van der Waals surface area (Å²) in [7, 11) is 1.57. The van der Waals surface area contributed by atoms with Crippen LogP contribution in [0.2, 0.25) is 0 Å². The van der Waals surface area contributed by atoms with Crippen molar-refractivity contribution >= 4 is 51.7 Å². The molecule has 0 spiro atoms. The first-order chi connectivity index (χ1) is 25.8. The Morgan fingerprint density at radius 1 is 0.873 bits per heavy atom. The first-order valence-electron chi connectivity index (χ1n) is 18.6. The van der Waals surface area contributed by atoms with Gasteiger partial charge in [0.1, 0.15) is 17.2 Å². The Balaban J connectivity index is 1.52. The van der Waals surface area contributed by atoms with Gasteiger partial charge in [-0.05, 0) is 33.8 Å². The van der Waals surface area contributed by atoms with E-state index in [4.69, 9.17) is 23.7 Å². The Hall–Kier alpha value is -3.40. The maximum Gasteiger partial charge on any atom is 0.312 e. The van der Waals surface area contributed by atoms with Crippen LogP contribution in [0.3, 0.4) is 0 Å². The lowest BCUT2D eigenvalue weighted by molar-refractivity contribution is -0.341. The van der Waals surface area contributed by atoms with Crippen molar-refractivity contribution < 1.29 is 53.7 Å². The van der Waals surface area contributed by atoms with E-state index < -0.39 is 51.6 Å². The number of Topliss-reactive ketones (excluding diaryl/α,β-unsaturated/α-hetero) is 1. The number of ether oxygens (including phenoxy) is 5. The van der Waals surface area contributed by atoms with E-state index in [1.165, 1.54) is 43.6 Å². The van der Waals surface area contributed by atoms with Crippen molar-refractivity contribution in [3.63, 3.8) is 0 Å². The number of nitrogens with one attached hydrogen (secondary N) is 1. The molecule has 1 amide bonds. The third kappa shape index (κ3) is 7.34. The molecule has 0 saturated carbocycles. The molecule has 0 unspecified atom stereocenters. The Morgan fingerprint density at radius 2 is 1.51 bits per heavy atom. The minimum absolute atomic E-state index is 0.00560. The number of amides is 1. The fourth-order valence-electron chi connectivity index (χ4n) is 8.19. The van der Waals surface area contributed by atoms with E-state index in [0.717, 1.165) is 11.5 Å². The fourth-order valence-corrected chi connectivity index (χ4v) is 11.1. The lowest BCUT2D eigenvalue weighted by Crippen LogP contribution is -2.57. The highest BCUT2D eigenvalue weighted by molar-refractivity contribution is 8.19. The van der Waals surface area contributed by atoms with E-state index in [2.05, 4.69) is 5.32 Å². The van der Waals surface area contributed by atoms with Gasteiger partial charge in [0.05, 0.1) is 51.9 Å². The van der Waals surface area contributed by atoms with Gasteiger partial charge in [0.2, 0.25) is 0 Å². The number of fused-ring (bicyclic) bond motifs is 10. The Kier molecular flexibility index (Phi) is 11.6. The normalized spacial score (nSPS) is 33.1. The van der Waals surface area contributed by atoms with Crippen molar-refractivity contribution in [1.29, 1.82) is 0 Å². The predicted molar refractivity (Wildman–Crippen MR) is 214 cm³/mol. The smallest absolute Gasteiger partial charge is 0.312 e. The summed E-state index contributed by atoms with van der Waals surface area (Å²) >= 11 is 3.04. The van der Waals surface area contributed by atoms with Crippen LogP contribution in [0.15, 0.2) is 36.1 Å². The van der Waals surface area contributed by atoms with Crippen LogP contribution in [0.1, 0.15) is 81.5 Å². The second-order valence-corrected chi connectivity index (χ2v) is 18.4. The van der Waals surface area contributed by atoms with Gasteiger partial charge in [-0.2, -0.15) is 0 Å². The number of benzene rings is 2. The number of aliphatic hydroxyl groups is 1. The van der Waals surface area contributed by atoms with Crippen molar-refractivity contribution in [3.8, 4) is 23.0 Å². The summed E-state index contributed by atoms with van der Waals surface area (Å²) in [5, 5.41) is 49.6. The van der Waals surface area contributed by atoms with Crippen molar-refractivity contribution in [3.05, 3.63) is 52.8 Å². The minimum Gasteiger partial charge on any atom is -0.507 e. The highest BCUT2D eigenvalue weighted by Crippen LogP contribution is 2.60. The molecule has 7 bridgehead atoms. The van der Waals surface area contributed by atoms with E-state index in [-0.39, 0.29) is 86.1 Å². The van der Waals surface area contributed by atoms with Crippen LogP contribution in [-0.2, 0) is 23.7 Å². The van der Waals surface area contributed by atoms with Gasteiger partial charge < -0.3 is 49.4 Å². The van der Waals surface area contributed by atoms with Crippen LogP contribution in [0.4, 0.5) is 5.69 Å². The number of rotatable bonds is 2. The van der Waals surface area contributed by atoms with Gasteiger partial charge >= 0.3 is 5.79 Å². The number of anilines is 1. The number of carbonyl (C=O) groups excluding carboxylic acids is 2. The van der Waals surface area contributed by atoms with Crippen LogP contribution in [0.25, 0.3) is 10.8 Å². The first-order valence-corrected chi connectivity index (χ1v) is 20.7. The second kappa shape index (κ2) is 15.5. The van der Waals surface area contributed by atoms with Crippen LogP contribution in [0.5, 0.6) is 23.0 Å². The number of aliphatic hydroxyl groups excluding tert-OH is 1. The molecule has 9 atom stereocenters. The molecular formula is C41H53NO11S2. The number of allylic oxidation sites excluding steroid dienone is 2. The highest BCUT2D eigenvalue weighted by atomic mass is 32.2. The van der Waals surface area contributed by atoms with Crippen LogP contribution in [0, 0.1) is 30.6 Å². The molecule has 300 valence electrons. The molecule has 2 fully saturated rings. The molecule has 5 aliphatic rings. The summed E-state index contributed by atoms with van der Waals surface area (Å²) in [5.41, 5.74) is 0.506. The maximum atomic E-state index is 14.4. The zero-order valence-electron chi connectivity index (χ0n) is 33.0. The van der Waals surface area contributed by atoms with Gasteiger partial charge in [-0.25, -0.2) is 0 Å². The molecule has 14 heteroatoms. The molecule has 5 N–H and O–H groups in total. The van der Waals surface area contributed by atoms with Gasteiger partial charge in [-0.15, -0.1) is 23.5 Å². The minimum atomic E-state index is -1.92. The number of ketones is 1. The van der Waals surface area contributed by atoms with E-state index in [0.29, 0.717) is 0 Å². The molecule has 2 aromatic carbocycles. The molecule has 0 aliphatic carbocycles. The third-order valence-electron chi connectivity index (χ3n) is 11.4. The zero-order chi connectivity index (χ0) is 40.3. The molecule has 55 heavy (non-hydrogen) atoms. The lowest BCUT2D eigenvalue weighted by Gasteiger charge is -2.50. The summed E-state index contributed by atoms with van der Waals surface area (Å²) in [6.45, 7) is 16.2. The Labute approximate surface area is 330 Å². The van der Waals surface area contributed by atoms with Crippen LogP contribution in [-0.4, -0.2) is 86.7 Å². The number of aromatic hydroxyl groups is 3. The number of hydrogen-bond donors (Lipinski definition) is 5. The van der Waals surface area contributed by atoms with Crippen molar-refractivity contribution in [2.45, 2.75) is 103 Å². The molecule has 5 heterocycles. The molecule has 2 aromatic rings. The van der Waals surface area contributed by atoms with Gasteiger partial charge in [-0.1, -0.05) is 45.9 Å². The third-order valence-corrected chi connectivity index (χ3v) is 14.4. The fraction of sp³-hybridized carbons (Fsp3) is 0.561. The predicted octanol–water partition coefficient (Wildman–Crippen LogP) is 7.46. The number of hydrogen-bond acceptors (Lipinski definition) is 13. The number of methoxy groups -OCH3 is 1. The number of carbonyl (C=O) groups is 2. The van der Waals surface area contributed by atoms with E-state index >= 15 is 0 Å². The molecule has 2 saturated heterocycles. The Bertz CT molecular complexity index is 1950. The van der Waals surface area contributed by atoms with E-state index in [1.807, 2.05) is 47.6 Å². The number of phenolic OH excluding ortho intramolecular Hbond substituents is 3. The molecule has 7 rings (SSSR count). The molecule has 0 aromatic heterocycles. The molecule has 5 aliphatic heterocycles. The summed E-state index contributed by atoms with van der Waals surface area (Å²) in [5.74, 6) is -4.91. The number of phenols is 3. The standard InChI is InChI=1S/C41H53NO11S2/c1-18-12-11-13-19(2)38(48)42-29-28(39-54-16-17-55-39)32(45)25-26(33(29)46)31(44)22(5)36-27(25)37(47)41(9,53-36)50-15-14-24(49-10)20(3)34-23(6)35(21(4)30(18)43)52-40(7,8)51-34/h11-15,18,20-21,23-24,30,34-35,39,43-46H,16-17H2,1-10H3,(H,42,48)/t18-,20+,21-,23-,24+,30-,34-,35+,41-/m0/s1. The molecular weight excluding hydrogens is 747 g/mol. The highest BCUT2D eigenvalue weighted by Gasteiger charge is 2.51. The topological polar surface area (TPSA) is 173 Å². The van der Waals surface area contributed by atoms with Crippen LogP contribution >= 0.6 is 23.5 Å². The van der Waals surface area contributed by atoms with Crippen molar-refractivity contribution in [2.24, 2.45) is 23.7 Å². The average molecular weight is 800 g/mol. The van der Waals surface area contributed by atoms with E-state index in [1.54, 1.807) is 32.3 Å². The summed E-state index contributed by atoms with van der Waals surface area (Å²) in [4.78, 5) is 28.1. The largest absolute Gasteiger partial charge is 0.507 e. The summed E-state index contributed by atoms with van der Waals surface area (Å²) in [6, 6.07) is 0. The van der Waals surface area contributed by atoms with Gasteiger partial charge in [-0.3, -0.25) is 9.59 Å². The second-order valence-electron chi connectivity index (χ2n) is 15.7. The summed E-state index contributed by atoms with van der Waals surface area (Å²) in [6.07, 6.45) is 6.05. The van der Waals surface area contributed by atoms with Gasteiger partial charge in [0.15, 0.2) is 11.5 Å². The maximum absolute atomic E-state index is 14.4. The van der Waals surface area contributed by atoms with Crippen molar-refractivity contribution in [2.75, 3.05) is 23.9 Å². The van der Waals surface area contributed by atoms with E-state index in [9.17, 15) is 30.0 Å². The average Bonchev–Trinajstić information content (AvgIpc) is 3.76. The monoisotopic (exact) mass is 799 g/mol. The SMILES string of the molecule is CO[C@@H]1C=CO[C@@]2(C)Oc3c(C)c(O)c4c(O)c(c(C5SCCS5)c(O)c4c3C2=O)NC(=O)C(C)=CC=C[C@H](C)[C@H](O)[C@H](C)[C@H]2OC(C)(C)O[C@H]([C@@H]2C)[C@@H]1C. The zero-order valence-corrected chi connectivity index (χ0v) is 34.6. The van der Waals surface area contributed by atoms with Crippen molar-refractivity contribution in [1.82, 2.24) is 0 Å². The number of thioether (sulfide) groups is 2. The van der Waals surface area contributed by atoms with Gasteiger partial charge in [0, 0.05) is 71.3 Å². The van der Waals surface area contributed by atoms with Crippen LogP contribution < -0.4 is 10.1 Å². The first kappa shape index (κ1) is 41.2. The summed E-state index contributed by atoms with van der Waals surface area (Å²) < 4.78 is 30.7. The molecule has 0 radical (unpaired) electrons. The molecule has 12 nitrogen and oxygen atoms in total. The Morgan fingerprint density at radius 3 is 2.15 bits per heavy atom.